The van der Waals surface area contributed by atoms with Crippen molar-refractivity contribution in [1.29, 1.82) is 0 Å². The Labute approximate surface area is 90.1 Å². The molecule has 1 aromatic heterocycles. The first-order valence-corrected chi connectivity index (χ1v) is 5.19. The summed E-state index contributed by atoms with van der Waals surface area (Å²) in [5.74, 6) is 0. The fourth-order valence-electron chi connectivity index (χ4n) is 1.57. The predicted octanol–water partition coefficient (Wildman–Crippen LogP) is 1.82. The first kappa shape index (κ1) is 9.93. The highest BCUT2D eigenvalue weighted by Crippen LogP contribution is 2.17. The van der Waals surface area contributed by atoms with Crippen LogP contribution in [0.25, 0.3) is 5.57 Å². The summed E-state index contributed by atoms with van der Waals surface area (Å²) in [5, 5.41) is 2.07. The number of pyridine rings is 1. The van der Waals surface area contributed by atoms with E-state index in [0.29, 0.717) is 0 Å². The maximum Gasteiger partial charge on any atom is 0.0527 e. The molecular weight excluding hydrogens is 186 g/mol. The lowest BCUT2D eigenvalue weighted by Crippen LogP contribution is -2.34. The average Bonchev–Trinajstić information content (AvgIpc) is 2.32. The van der Waals surface area contributed by atoms with Gasteiger partial charge in [0.05, 0.1) is 6.54 Å². The minimum atomic E-state index is 0.905. The molecule has 15 heavy (non-hydrogen) atoms. The number of rotatable bonds is 3. The molecule has 78 valence electrons. The SMILES string of the molecule is CCNN1C=CC(c2ccncc2)=CC1. The van der Waals surface area contributed by atoms with Crippen LogP contribution in [0.15, 0.2) is 42.9 Å². The molecule has 2 heterocycles. The summed E-state index contributed by atoms with van der Waals surface area (Å²) in [5.41, 5.74) is 5.72. The van der Waals surface area contributed by atoms with Crippen LogP contribution in [0.3, 0.4) is 0 Å². The third-order valence-electron chi connectivity index (χ3n) is 2.32. The van der Waals surface area contributed by atoms with Crippen molar-refractivity contribution < 1.29 is 0 Å². The number of aromatic nitrogens is 1. The molecule has 0 spiro atoms. The molecule has 0 unspecified atom stereocenters. The van der Waals surface area contributed by atoms with Gasteiger partial charge >= 0.3 is 0 Å². The second-order valence-corrected chi connectivity index (χ2v) is 3.38. The number of nitrogens with one attached hydrogen (secondary N) is 1. The number of hydrogen-bond donors (Lipinski definition) is 1. The molecule has 0 saturated heterocycles. The minimum absolute atomic E-state index is 0.905. The van der Waals surface area contributed by atoms with Crippen LogP contribution >= 0.6 is 0 Å². The van der Waals surface area contributed by atoms with Crippen molar-refractivity contribution in [1.82, 2.24) is 15.4 Å². The first-order chi connectivity index (χ1) is 7.40. The van der Waals surface area contributed by atoms with Gasteiger partial charge in [-0.2, -0.15) is 0 Å². The standard InChI is InChI=1S/C12H15N3/c1-2-14-15-9-5-12(6-10-15)11-3-7-13-8-4-11/h3-9,14H,2,10H2,1H3. The summed E-state index contributed by atoms with van der Waals surface area (Å²) >= 11 is 0. The van der Waals surface area contributed by atoms with Crippen molar-refractivity contribution >= 4 is 5.57 Å². The van der Waals surface area contributed by atoms with Crippen LogP contribution in [0.2, 0.25) is 0 Å². The van der Waals surface area contributed by atoms with Crippen molar-refractivity contribution in [2.75, 3.05) is 13.1 Å². The molecule has 0 amide bonds. The van der Waals surface area contributed by atoms with Gasteiger partial charge in [-0.15, -0.1) is 0 Å². The van der Waals surface area contributed by atoms with Crippen LogP contribution in [0.1, 0.15) is 12.5 Å². The summed E-state index contributed by atoms with van der Waals surface area (Å²) < 4.78 is 0. The predicted molar refractivity (Wildman–Crippen MR) is 61.7 cm³/mol. The number of allylic oxidation sites excluding steroid dienone is 2. The molecule has 1 N–H and O–H groups in total. The Morgan fingerprint density at radius 3 is 2.80 bits per heavy atom. The highest BCUT2D eigenvalue weighted by molar-refractivity contribution is 5.74. The molecule has 0 radical (unpaired) electrons. The van der Waals surface area contributed by atoms with Crippen LogP contribution in [0, 0.1) is 0 Å². The molecule has 1 aromatic rings. The molecule has 3 heteroatoms. The van der Waals surface area contributed by atoms with Crippen molar-refractivity contribution in [2.24, 2.45) is 0 Å². The first-order valence-electron chi connectivity index (χ1n) is 5.19. The second kappa shape index (κ2) is 4.75. The van der Waals surface area contributed by atoms with E-state index < -0.39 is 0 Å². The summed E-state index contributed by atoms with van der Waals surface area (Å²) in [6.45, 7) is 3.95. The van der Waals surface area contributed by atoms with Crippen LogP contribution in [-0.2, 0) is 0 Å². The maximum absolute atomic E-state index is 4.01. The Balaban J connectivity index is 2.07. The van der Waals surface area contributed by atoms with Crippen molar-refractivity contribution in [3.63, 3.8) is 0 Å². The van der Waals surface area contributed by atoms with Gasteiger partial charge in [0.2, 0.25) is 0 Å². The van der Waals surface area contributed by atoms with E-state index in [1.807, 2.05) is 24.5 Å². The number of hydrogen-bond acceptors (Lipinski definition) is 3. The lowest BCUT2D eigenvalue weighted by Gasteiger charge is -2.22. The Hall–Kier alpha value is -1.61. The van der Waals surface area contributed by atoms with Crippen LogP contribution < -0.4 is 5.43 Å². The molecule has 0 atom stereocenters. The highest BCUT2D eigenvalue weighted by Gasteiger charge is 2.04. The van der Waals surface area contributed by atoms with Gasteiger partial charge in [-0.1, -0.05) is 13.0 Å². The Bertz CT molecular complexity index is 368. The van der Waals surface area contributed by atoms with E-state index in [1.54, 1.807) is 0 Å². The summed E-state index contributed by atoms with van der Waals surface area (Å²) in [6, 6.07) is 4.05. The van der Waals surface area contributed by atoms with Gasteiger partial charge in [-0.25, -0.2) is 5.43 Å². The zero-order valence-corrected chi connectivity index (χ0v) is 8.85. The molecule has 1 aliphatic heterocycles. The molecule has 0 bridgehead atoms. The molecule has 1 aliphatic rings. The van der Waals surface area contributed by atoms with Crippen molar-refractivity contribution in [2.45, 2.75) is 6.92 Å². The molecule has 2 rings (SSSR count). The maximum atomic E-state index is 4.01. The van der Waals surface area contributed by atoms with Crippen LogP contribution in [0.4, 0.5) is 0 Å². The van der Waals surface area contributed by atoms with E-state index >= 15 is 0 Å². The van der Waals surface area contributed by atoms with Gasteiger partial charge in [0, 0.05) is 25.1 Å². The molecule has 0 aliphatic carbocycles. The minimum Gasteiger partial charge on any atom is -0.312 e. The Morgan fingerprint density at radius 1 is 1.40 bits per heavy atom. The van der Waals surface area contributed by atoms with Crippen molar-refractivity contribution in [3.05, 3.63) is 48.4 Å². The van der Waals surface area contributed by atoms with Gasteiger partial charge < -0.3 is 5.01 Å². The average molecular weight is 201 g/mol. The van der Waals surface area contributed by atoms with E-state index in [-0.39, 0.29) is 0 Å². The topological polar surface area (TPSA) is 28.2 Å². The zero-order valence-electron chi connectivity index (χ0n) is 8.85. The molecule has 0 saturated carbocycles. The van der Waals surface area contributed by atoms with E-state index in [1.165, 1.54) is 11.1 Å². The third-order valence-corrected chi connectivity index (χ3v) is 2.32. The molecule has 0 aromatic carbocycles. The molecule has 0 fully saturated rings. The number of nitrogens with zero attached hydrogens (tertiary/aromatic N) is 2. The lowest BCUT2D eigenvalue weighted by molar-refractivity contribution is 0.304. The Kier molecular flexibility index (Phi) is 3.15. The fourth-order valence-corrected chi connectivity index (χ4v) is 1.57. The normalized spacial score (nSPS) is 15.3. The third kappa shape index (κ3) is 2.44. The van der Waals surface area contributed by atoms with Gasteiger partial charge in [0.15, 0.2) is 0 Å². The summed E-state index contributed by atoms with van der Waals surface area (Å²) in [4.78, 5) is 4.01. The zero-order chi connectivity index (χ0) is 10.5. The lowest BCUT2D eigenvalue weighted by atomic mass is 10.1. The smallest absolute Gasteiger partial charge is 0.0527 e. The van der Waals surface area contributed by atoms with Gasteiger partial charge in [0.25, 0.3) is 0 Å². The van der Waals surface area contributed by atoms with Crippen molar-refractivity contribution in [3.8, 4) is 0 Å². The molecule has 3 nitrogen and oxygen atoms in total. The Morgan fingerprint density at radius 2 is 2.20 bits per heavy atom. The van der Waals surface area contributed by atoms with Gasteiger partial charge in [-0.3, -0.25) is 4.98 Å². The van der Waals surface area contributed by atoms with E-state index in [2.05, 4.69) is 40.7 Å². The van der Waals surface area contributed by atoms with Crippen LogP contribution in [-0.4, -0.2) is 23.1 Å². The fraction of sp³-hybridized carbons (Fsp3) is 0.250. The van der Waals surface area contributed by atoms with Crippen LogP contribution in [0.5, 0.6) is 0 Å². The van der Waals surface area contributed by atoms with E-state index in [4.69, 9.17) is 0 Å². The quantitative estimate of drug-likeness (QED) is 0.808. The largest absolute Gasteiger partial charge is 0.312 e. The monoisotopic (exact) mass is 201 g/mol. The van der Waals surface area contributed by atoms with E-state index in [9.17, 15) is 0 Å². The highest BCUT2D eigenvalue weighted by atomic mass is 15.5. The summed E-state index contributed by atoms with van der Waals surface area (Å²) in [7, 11) is 0. The summed E-state index contributed by atoms with van der Waals surface area (Å²) in [6.07, 6.45) is 10.0. The number of hydrazine groups is 1. The second-order valence-electron chi connectivity index (χ2n) is 3.38. The van der Waals surface area contributed by atoms with E-state index in [0.717, 1.165) is 13.1 Å². The molecular formula is C12H15N3. The van der Waals surface area contributed by atoms with Gasteiger partial charge in [-0.05, 0) is 29.3 Å². The van der Waals surface area contributed by atoms with Gasteiger partial charge in [0.1, 0.15) is 0 Å².